The van der Waals surface area contributed by atoms with Gasteiger partial charge in [0.05, 0.1) is 22.8 Å². The van der Waals surface area contributed by atoms with Crippen LogP contribution in [-0.4, -0.2) is 52.2 Å². The largest absolute Gasteiger partial charge is 0.396 e. The quantitative estimate of drug-likeness (QED) is 0.344. The Kier molecular flexibility index (Phi) is 8.77. The van der Waals surface area contributed by atoms with Crippen molar-refractivity contribution >= 4 is 28.6 Å². The fourth-order valence-corrected chi connectivity index (χ4v) is 3.34. The first kappa shape index (κ1) is 21.4. The first-order valence-electron chi connectivity index (χ1n) is 9.14. The van der Waals surface area contributed by atoms with Crippen LogP contribution in [0.4, 0.5) is 0 Å². The molecular weight excluding hydrogens is 366 g/mol. The molecule has 0 atom stereocenters. The Hall–Kier alpha value is -1.90. The number of hydrogen-bond donors (Lipinski definition) is 2. The van der Waals surface area contributed by atoms with E-state index >= 15 is 0 Å². The van der Waals surface area contributed by atoms with Gasteiger partial charge in [-0.25, -0.2) is 4.98 Å². The van der Waals surface area contributed by atoms with E-state index in [1.165, 1.54) is 16.3 Å². The molecule has 2 aromatic rings. The van der Waals surface area contributed by atoms with Crippen molar-refractivity contribution in [3.05, 3.63) is 34.6 Å². The molecule has 0 saturated carbocycles. The second kappa shape index (κ2) is 11.1. The molecule has 0 aliphatic rings. The number of amides is 1. The highest BCUT2D eigenvalue weighted by Gasteiger charge is 2.13. The van der Waals surface area contributed by atoms with Crippen molar-refractivity contribution in [1.29, 1.82) is 0 Å². The molecule has 148 valence electrons. The van der Waals surface area contributed by atoms with Crippen molar-refractivity contribution < 1.29 is 14.6 Å². The number of nitrogens with zero attached hydrogens (tertiary/aromatic N) is 2. The van der Waals surface area contributed by atoms with Crippen molar-refractivity contribution in [1.82, 2.24) is 14.9 Å². The SMILES string of the molecule is CC(C)OCCCNC(=O)CSc1nc2ccccc2c(=O)n1CCCO. The number of fused-ring (bicyclic) bond motifs is 1. The van der Waals surface area contributed by atoms with Crippen LogP contribution in [-0.2, 0) is 16.1 Å². The van der Waals surface area contributed by atoms with Crippen LogP contribution in [0.25, 0.3) is 10.9 Å². The monoisotopic (exact) mass is 393 g/mol. The van der Waals surface area contributed by atoms with Gasteiger partial charge in [0.25, 0.3) is 5.56 Å². The first-order valence-corrected chi connectivity index (χ1v) is 10.1. The molecule has 0 aliphatic carbocycles. The predicted molar refractivity (Wildman–Crippen MR) is 107 cm³/mol. The van der Waals surface area contributed by atoms with Crippen LogP contribution in [0.2, 0.25) is 0 Å². The third kappa shape index (κ3) is 6.64. The van der Waals surface area contributed by atoms with Crippen LogP contribution in [0, 0.1) is 0 Å². The Labute approximate surface area is 163 Å². The summed E-state index contributed by atoms with van der Waals surface area (Å²) >= 11 is 1.23. The number of ether oxygens (including phenoxy) is 1. The zero-order valence-electron chi connectivity index (χ0n) is 15.8. The van der Waals surface area contributed by atoms with Crippen LogP contribution >= 0.6 is 11.8 Å². The van der Waals surface area contributed by atoms with Gasteiger partial charge < -0.3 is 15.2 Å². The second-order valence-corrected chi connectivity index (χ2v) is 7.30. The van der Waals surface area contributed by atoms with Gasteiger partial charge in [-0.1, -0.05) is 23.9 Å². The minimum atomic E-state index is -0.150. The van der Waals surface area contributed by atoms with E-state index in [2.05, 4.69) is 10.3 Å². The number of carbonyl (C=O) groups is 1. The normalized spacial score (nSPS) is 11.3. The number of thioether (sulfide) groups is 1. The van der Waals surface area contributed by atoms with Gasteiger partial charge in [0, 0.05) is 26.3 Å². The number of aliphatic hydroxyl groups excluding tert-OH is 1. The van der Waals surface area contributed by atoms with Gasteiger partial charge in [0.1, 0.15) is 0 Å². The van der Waals surface area contributed by atoms with Crippen molar-refractivity contribution in [2.24, 2.45) is 0 Å². The highest BCUT2D eigenvalue weighted by atomic mass is 32.2. The zero-order chi connectivity index (χ0) is 19.6. The van der Waals surface area contributed by atoms with Gasteiger partial charge in [0.15, 0.2) is 5.16 Å². The zero-order valence-corrected chi connectivity index (χ0v) is 16.6. The summed E-state index contributed by atoms with van der Waals surface area (Å²) in [6.45, 7) is 5.46. The molecule has 0 radical (unpaired) electrons. The van der Waals surface area contributed by atoms with Gasteiger partial charge >= 0.3 is 0 Å². The molecule has 2 rings (SSSR count). The van der Waals surface area contributed by atoms with Crippen LogP contribution in [0.1, 0.15) is 26.7 Å². The van der Waals surface area contributed by atoms with Gasteiger partial charge in [-0.3, -0.25) is 14.2 Å². The van der Waals surface area contributed by atoms with Gasteiger partial charge in [0.2, 0.25) is 5.91 Å². The van der Waals surface area contributed by atoms with Crippen LogP contribution in [0.15, 0.2) is 34.2 Å². The summed E-state index contributed by atoms with van der Waals surface area (Å²) in [6.07, 6.45) is 1.39. The lowest BCUT2D eigenvalue weighted by Crippen LogP contribution is -2.28. The van der Waals surface area contributed by atoms with Gasteiger partial charge in [-0.2, -0.15) is 0 Å². The van der Waals surface area contributed by atoms with E-state index in [0.717, 1.165) is 6.42 Å². The number of nitrogens with one attached hydrogen (secondary N) is 1. The molecule has 0 fully saturated rings. The van der Waals surface area contributed by atoms with Crippen LogP contribution in [0.3, 0.4) is 0 Å². The summed E-state index contributed by atoms with van der Waals surface area (Å²) in [7, 11) is 0. The maximum absolute atomic E-state index is 12.7. The summed E-state index contributed by atoms with van der Waals surface area (Å²) < 4.78 is 6.97. The first-order chi connectivity index (χ1) is 13.0. The Balaban J connectivity index is 2.00. The van der Waals surface area contributed by atoms with E-state index < -0.39 is 0 Å². The molecule has 27 heavy (non-hydrogen) atoms. The summed E-state index contributed by atoms with van der Waals surface area (Å²) in [5, 5.41) is 13.0. The van der Waals surface area contributed by atoms with E-state index in [9.17, 15) is 9.59 Å². The third-order valence-electron chi connectivity index (χ3n) is 3.79. The summed E-state index contributed by atoms with van der Waals surface area (Å²) in [6, 6.07) is 7.14. The van der Waals surface area contributed by atoms with Crippen LogP contribution in [0.5, 0.6) is 0 Å². The summed E-state index contributed by atoms with van der Waals surface area (Å²) in [5.74, 6) is 0.0650. The summed E-state index contributed by atoms with van der Waals surface area (Å²) in [5.41, 5.74) is 0.458. The molecule has 1 aromatic carbocycles. The summed E-state index contributed by atoms with van der Waals surface area (Å²) in [4.78, 5) is 29.3. The second-order valence-electron chi connectivity index (χ2n) is 6.36. The Morgan fingerprint density at radius 3 is 2.85 bits per heavy atom. The van der Waals surface area contributed by atoms with Gasteiger partial charge in [-0.15, -0.1) is 0 Å². The molecule has 1 amide bonds. The molecule has 7 nitrogen and oxygen atoms in total. The number of aromatic nitrogens is 2. The molecule has 2 N–H and O–H groups in total. The molecular formula is C19H27N3O4S. The van der Waals surface area contributed by atoms with E-state index in [1.807, 2.05) is 19.9 Å². The molecule has 1 aromatic heterocycles. The smallest absolute Gasteiger partial charge is 0.262 e. The lowest BCUT2D eigenvalue weighted by Gasteiger charge is -2.12. The van der Waals surface area contributed by atoms with E-state index in [-0.39, 0.29) is 29.9 Å². The molecule has 0 aliphatic heterocycles. The van der Waals surface area contributed by atoms with E-state index in [4.69, 9.17) is 9.84 Å². The number of para-hydroxylation sites is 1. The average molecular weight is 394 g/mol. The number of benzene rings is 1. The average Bonchev–Trinajstić information content (AvgIpc) is 2.65. The topological polar surface area (TPSA) is 93.5 Å². The molecule has 0 bridgehead atoms. The molecule has 0 unspecified atom stereocenters. The van der Waals surface area contributed by atoms with Crippen molar-refractivity contribution in [2.75, 3.05) is 25.5 Å². The highest BCUT2D eigenvalue weighted by molar-refractivity contribution is 7.99. The minimum Gasteiger partial charge on any atom is -0.396 e. The lowest BCUT2D eigenvalue weighted by atomic mass is 10.2. The molecule has 8 heteroatoms. The van der Waals surface area contributed by atoms with Crippen molar-refractivity contribution in [2.45, 2.75) is 44.5 Å². The Morgan fingerprint density at radius 2 is 2.11 bits per heavy atom. The number of hydrogen-bond acceptors (Lipinski definition) is 6. The standard InChI is InChI=1S/C19H27N3O4S/c1-14(2)26-12-5-9-20-17(24)13-27-19-21-16-8-4-3-7-15(16)18(25)22(19)10-6-11-23/h3-4,7-8,14,23H,5-6,9-13H2,1-2H3,(H,20,24). The van der Waals surface area contributed by atoms with Gasteiger partial charge in [-0.05, 0) is 38.8 Å². The minimum absolute atomic E-state index is 0.0116. The molecule has 0 spiro atoms. The van der Waals surface area contributed by atoms with E-state index in [1.54, 1.807) is 18.2 Å². The Morgan fingerprint density at radius 1 is 1.33 bits per heavy atom. The molecule has 0 saturated heterocycles. The molecule has 1 heterocycles. The fourth-order valence-electron chi connectivity index (χ4n) is 2.48. The number of rotatable bonds is 11. The predicted octanol–water partition coefficient (Wildman–Crippen LogP) is 1.80. The third-order valence-corrected chi connectivity index (χ3v) is 4.77. The Bertz CT molecular complexity index is 807. The lowest BCUT2D eigenvalue weighted by molar-refractivity contribution is -0.118. The van der Waals surface area contributed by atoms with Crippen molar-refractivity contribution in [3.8, 4) is 0 Å². The van der Waals surface area contributed by atoms with E-state index in [0.29, 0.717) is 42.2 Å². The number of aliphatic hydroxyl groups is 1. The maximum Gasteiger partial charge on any atom is 0.262 e. The van der Waals surface area contributed by atoms with Crippen molar-refractivity contribution in [3.63, 3.8) is 0 Å². The number of carbonyl (C=O) groups excluding carboxylic acids is 1. The highest BCUT2D eigenvalue weighted by Crippen LogP contribution is 2.18. The maximum atomic E-state index is 12.7. The fraction of sp³-hybridized carbons (Fsp3) is 0.526. The van der Waals surface area contributed by atoms with Crippen LogP contribution < -0.4 is 10.9 Å².